The van der Waals surface area contributed by atoms with Crippen molar-refractivity contribution >= 4 is 11.6 Å². The number of hydrogen-bond donors (Lipinski definition) is 1. The van der Waals surface area contributed by atoms with E-state index in [1.165, 1.54) is 12.1 Å². The van der Waals surface area contributed by atoms with Crippen molar-refractivity contribution in [3.8, 4) is 17.1 Å². The Morgan fingerprint density at radius 2 is 1.76 bits per heavy atom. The van der Waals surface area contributed by atoms with Gasteiger partial charge in [-0.3, -0.25) is 4.79 Å². The molecule has 0 aliphatic rings. The predicted octanol–water partition coefficient (Wildman–Crippen LogP) is 5.70. The van der Waals surface area contributed by atoms with Crippen molar-refractivity contribution in [2.75, 3.05) is 19.4 Å². The number of nitrogens with zero attached hydrogens (tertiary/aromatic N) is 4. The summed E-state index contributed by atoms with van der Waals surface area (Å²) in [6, 6.07) is 17.7. The highest BCUT2D eigenvalue weighted by Crippen LogP contribution is 2.31. The lowest BCUT2D eigenvalue weighted by molar-refractivity contribution is -0.137. The monoisotopic (exact) mass is 523 g/mol. The molecule has 4 rings (SSSR count). The number of aryl methyl sites for hydroxylation is 1. The van der Waals surface area contributed by atoms with E-state index in [0.29, 0.717) is 22.9 Å². The number of benzene rings is 3. The number of nitrogens with one attached hydrogen (secondary N) is 1. The Kier molecular flexibility index (Phi) is 7.82. The summed E-state index contributed by atoms with van der Waals surface area (Å²) in [4.78, 5) is 14.9. The summed E-state index contributed by atoms with van der Waals surface area (Å²) >= 11 is 0. The van der Waals surface area contributed by atoms with E-state index in [0.717, 1.165) is 35.4 Å². The van der Waals surface area contributed by atoms with E-state index in [4.69, 9.17) is 4.74 Å². The van der Waals surface area contributed by atoms with Gasteiger partial charge in [0.05, 0.1) is 5.56 Å². The highest BCUT2D eigenvalue weighted by molar-refractivity contribution is 6.05. The van der Waals surface area contributed by atoms with E-state index in [-0.39, 0.29) is 18.3 Å². The fourth-order valence-electron chi connectivity index (χ4n) is 3.99. The number of carbonyl (C=O) groups is 1. The molecule has 3 aromatic carbocycles. The van der Waals surface area contributed by atoms with E-state index in [2.05, 4.69) is 20.4 Å². The van der Waals surface area contributed by atoms with Gasteiger partial charge in [0.2, 0.25) is 0 Å². The molecule has 38 heavy (non-hydrogen) atoms. The first-order valence-electron chi connectivity index (χ1n) is 11.9. The lowest BCUT2D eigenvalue weighted by Crippen LogP contribution is -2.15. The molecule has 1 heterocycles. The van der Waals surface area contributed by atoms with Gasteiger partial charge in [0.25, 0.3) is 5.91 Å². The molecule has 0 unspecified atom stereocenters. The van der Waals surface area contributed by atoms with Gasteiger partial charge < -0.3 is 19.5 Å². The lowest BCUT2D eigenvalue weighted by atomic mass is 10.0. The third-order valence-corrected chi connectivity index (χ3v) is 5.93. The lowest BCUT2D eigenvalue weighted by Gasteiger charge is -2.13. The Bertz CT molecular complexity index is 1430. The average molecular weight is 524 g/mol. The van der Waals surface area contributed by atoms with Crippen molar-refractivity contribution in [3.05, 3.63) is 94.8 Å². The van der Waals surface area contributed by atoms with Crippen molar-refractivity contribution in [2.24, 2.45) is 7.05 Å². The fraction of sp³-hybridized carbons (Fsp3) is 0.250. The molecule has 0 aliphatic heterocycles. The second-order valence-corrected chi connectivity index (χ2v) is 9.23. The normalized spacial score (nSPS) is 11.6. The number of amides is 1. The minimum absolute atomic E-state index is 0.0500. The quantitative estimate of drug-likeness (QED) is 0.321. The molecule has 7 nitrogen and oxygen atoms in total. The molecule has 1 aromatic heterocycles. The summed E-state index contributed by atoms with van der Waals surface area (Å²) in [5.41, 5.74) is 3.25. The van der Waals surface area contributed by atoms with Gasteiger partial charge in [0, 0.05) is 30.4 Å². The summed E-state index contributed by atoms with van der Waals surface area (Å²) in [7, 11) is 5.74. The summed E-state index contributed by atoms with van der Waals surface area (Å²) in [6.45, 7) is 2.66. The van der Waals surface area contributed by atoms with Crippen molar-refractivity contribution in [1.82, 2.24) is 19.7 Å². The van der Waals surface area contributed by atoms with Gasteiger partial charge in [-0.1, -0.05) is 18.2 Å². The third kappa shape index (κ3) is 6.38. The Hall–Kier alpha value is -4.18. The zero-order chi connectivity index (χ0) is 27.4. The number of hydrogen-bond acceptors (Lipinski definition) is 5. The molecule has 0 spiro atoms. The van der Waals surface area contributed by atoms with Gasteiger partial charge in [0.1, 0.15) is 12.4 Å². The predicted molar refractivity (Wildman–Crippen MR) is 139 cm³/mol. The van der Waals surface area contributed by atoms with Crippen LogP contribution in [-0.2, 0) is 26.4 Å². The molecule has 1 amide bonds. The minimum Gasteiger partial charge on any atom is -0.486 e. The maximum atomic E-state index is 12.9. The molecule has 10 heteroatoms. The molecule has 1 N–H and O–H groups in total. The summed E-state index contributed by atoms with van der Waals surface area (Å²) in [5.74, 6) is 0.896. The van der Waals surface area contributed by atoms with Crippen LogP contribution in [0.4, 0.5) is 18.9 Å². The maximum absolute atomic E-state index is 12.9. The second kappa shape index (κ2) is 11.1. The van der Waals surface area contributed by atoms with Crippen LogP contribution in [0.1, 0.15) is 32.9 Å². The Labute approximate surface area is 218 Å². The van der Waals surface area contributed by atoms with Gasteiger partial charge in [0.15, 0.2) is 11.6 Å². The zero-order valence-corrected chi connectivity index (χ0v) is 21.5. The van der Waals surface area contributed by atoms with E-state index < -0.39 is 11.7 Å². The second-order valence-electron chi connectivity index (χ2n) is 9.23. The highest BCUT2D eigenvalue weighted by Gasteiger charge is 2.30. The maximum Gasteiger partial charge on any atom is 0.416 e. The first kappa shape index (κ1) is 26.9. The summed E-state index contributed by atoms with van der Waals surface area (Å²) < 4.78 is 46.0. The molecule has 0 saturated carbocycles. The number of ether oxygens (including phenoxy) is 1. The van der Waals surface area contributed by atoms with Crippen LogP contribution in [0, 0.1) is 6.92 Å². The van der Waals surface area contributed by atoms with Crippen molar-refractivity contribution in [1.29, 1.82) is 0 Å². The number of anilines is 1. The summed E-state index contributed by atoms with van der Waals surface area (Å²) in [5, 5.41) is 11.2. The first-order valence-corrected chi connectivity index (χ1v) is 11.9. The standard InChI is InChI=1S/C28H28F3N5O2/c1-18-14-19(16-35(2)3)8-13-24(18)27(37)32-22-11-9-20(10-12-22)26-34-33-25(36(26)4)17-38-23-7-5-6-21(15-23)28(29,30)31/h5-15H,16-17H2,1-4H3,(H,32,37). The van der Waals surface area contributed by atoms with Crippen LogP contribution in [0.5, 0.6) is 5.75 Å². The van der Waals surface area contributed by atoms with E-state index in [1.807, 2.05) is 51.4 Å². The van der Waals surface area contributed by atoms with E-state index >= 15 is 0 Å². The molecule has 0 aliphatic carbocycles. The van der Waals surface area contributed by atoms with Gasteiger partial charge in [-0.25, -0.2) is 0 Å². The van der Waals surface area contributed by atoms with Crippen LogP contribution in [-0.4, -0.2) is 39.7 Å². The molecule has 0 fully saturated rings. The number of aromatic nitrogens is 3. The van der Waals surface area contributed by atoms with Gasteiger partial charge >= 0.3 is 6.18 Å². The molecular formula is C28H28F3N5O2. The minimum atomic E-state index is -4.45. The number of halogens is 3. The molecule has 198 valence electrons. The molecule has 4 aromatic rings. The zero-order valence-electron chi connectivity index (χ0n) is 21.5. The Morgan fingerprint density at radius 3 is 2.42 bits per heavy atom. The fourth-order valence-corrected chi connectivity index (χ4v) is 3.99. The molecule has 0 saturated heterocycles. The average Bonchev–Trinajstić information content (AvgIpc) is 3.22. The SMILES string of the molecule is Cc1cc(CN(C)C)ccc1C(=O)Nc1ccc(-c2nnc(COc3cccc(C(F)(F)F)c3)n2C)cc1. The van der Waals surface area contributed by atoms with Gasteiger partial charge in [-0.2, -0.15) is 13.2 Å². The topological polar surface area (TPSA) is 72.3 Å². The first-order chi connectivity index (χ1) is 18.0. The smallest absolute Gasteiger partial charge is 0.416 e. The Balaban J connectivity index is 1.41. The van der Waals surface area contributed by atoms with Gasteiger partial charge in [-0.05, 0) is 80.7 Å². The largest absolute Gasteiger partial charge is 0.486 e. The van der Waals surface area contributed by atoms with Crippen molar-refractivity contribution < 1.29 is 22.7 Å². The van der Waals surface area contributed by atoms with Crippen LogP contribution < -0.4 is 10.1 Å². The van der Waals surface area contributed by atoms with Crippen LogP contribution >= 0.6 is 0 Å². The van der Waals surface area contributed by atoms with Crippen LogP contribution in [0.2, 0.25) is 0 Å². The molecule has 0 atom stereocenters. The molecule has 0 bridgehead atoms. The third-order valence-electron chi connectivity index (χ3n) is 5.93. The number of carbonyl (C=O) groups excluding carboxylic acids is 1. The van der Waals surface area contributed by atoms with E-state index in [9.17, 15) is 18.0 Å². The van der Waals surface area contributed by atoms with Crippen LogP contribution in [0.15, 0.2) is 66.7 Å². The Morgan fingerprint density at radius 1 is 1.03 bits per heavy atom. The molecular weight excluding hydrogens is 495 g/mol. The van der Waals surface area contributed by atoms with Crippen molar-refractivity contribution in [2.45, 2.75) is 26.3 Å². The highest BCUT2D eigenvalue weighted by atomic mass is 19.4. The van der Waals surface area contributed by atoms with E-state index in [1.54, 1.807) is 23.7 Å². The van der Waals surface area contributed by atoms with Crippen LogP contribution in [0.3, 0.4) is 0 Å². The van der Waals surface area contributed by atoms with Gasteiger partial charge in [-0.15, -0.1) is 10.2 Å². The summed E-state index contributed by atoms with van der Waals surface area (Å²) in [6.07, 6.45) is -4.45. The van der Waals surface area contributed by atoms with Crippen molar-refractivity contribution in [3.63, 3.8) is 0 Å². The number of rotatable bonds is 8. The molecule has 0 radical (unpaired) electrons. The van der Waals surface area contributed by atoms with Crippen LogP contribution in [0.25, 0.3) is 11.4 Å². The number of alkyl halides is 3.